The summed E-state index contributed by atoms with van der Waals surface area (Å²) in [5, 5.41) is 15.5. The Bertz CT molecular complexity index is 774. The van der Waals surface area contributed by atoms with E-state index in [0.29, 0.717) is 5.56 Å². The Balaban J connectivity index is 1.77. The quantitative estimate of drug-likeness (QED) is 0.330. The zero-order valence-corrected chi connectivity index (χ0v) is 15.0. The summed E-state index contributed by atoms with van der Waals surface area (Å²) in [6, 6.07) is 3.46. The van der Waals surface area contributed by atoms with E-state index in [4.69, 9.17) is 16.3 Å². The number of ether oxygens (including phenoxy) is 1. The van der Waals surface area contributed by atoms with Crippen molar-refractivity contribution in [3.8, 4) is 0 Å². The maximum atomic E-state index is 11.6. The predicted octanol–water partition coefficient (Wildman–Crippen LogP) is 2.57. The summed E-state index contributed by atoms with van der Waals surface area (Å²) in [7, 11) is 0. The minimum absolute atomic E-state index is 0.0210. The Morgan fingerprint density at radius 3 is 2.67 bits per heavy atom. The number of esters is 1. The molecule has 0 aromatic heterocycles. The van der Waals surface area contributed by atoms with Crippen LogP contribution < -0.4 is 10.6 Å². The number of carbonyl (C=O) groups is 3. The molecular formula is C17H18ClN3O6. The van der Waals surface area contributed by atoms with Crippen LogP contribution in [0.15, 0.2) is 24.3 Å². The third-order valence-corrected chi connectivity index (χ3v) is 4.19. The fourth-order valence-electron chi connectivity index (χ4n) is 2.58. The molecule has 144 valence electrons. The lowest BCUT2D eigenvalue weighted by Gasteiger charge is -2.12. The second kappa shape index (κ2) is 9.67. The number of imide groups is 1. The average molecular weight is 396 g/mol. The lowest BCUT2D eigenvalue weighted by Crippen LogP contribution is -2.44. The van der Waals surface area contributed by atoms with Crippen molar-refractivity contribution >= 4 is 41.3 Å². The van der Waals surface area contributed by atoms with Crippen LogP contribution in [0.2, 0.25) is 5.02 Å². The summed E-state index contributed by atoms with van der Waals surface area (Å²) in [5.74, 6) is -1.59. The number of hydrogen-bond donors (Lipinski definition) is 2. The Kier molecular flexibility index (Phi) is 7.30. The first kappa shape index (κ1) is 20.4. The second-order valence-electron chi connectivity index (χ2n) is 5.91. The van der Waals surface area contributed by atoms with Gasteiger partial charge >= 0.3 is 12.0 Å². The first-order valence-electron chi connectivity index (χ1n) is 8.24. The summed E-state index contributed by atoms with van der Waals surface area (Å²) in [6.07, 6.45) is 6.14. The van der Waals surface area contributed by atoms with Crippen LogP contribution in [0.5, 0.6) is 0 Å². The Morgan fingerprint density at radius 1 is 1.30 bits per heavy atom. The summed E-state index contributed by atoms with van der Waals surface area (Å²) >= 11 is 5.70. The van der Waals surface area contributed by atoms with Crippen molar-refractivity contribution in [2.45, 2.75) is 31.7 Å². The molecule has 0 heterocycles. The van der Waals surface area contributed by atoms with E-state index in [9.17, 15) is 24.5 Å². The third-order valence-electron chi connectivity index (χ3n) is 3.87. The van der Waals surface area contributed by atoms with Gasteiger partial charge in [-0.2, -0.15) is 0 Å². The number of nitro benzene ring substituents is 1. The van der Waals surface area contributed by atoms with E-state index in [0.717, 1.165) is 31.8 Å². The van der Waals surface area contributed by atoms with Gasteiger partial charge in [0.25, 0.3) is 11.6 Å². The summed E-state index contributed by atoms with van der Waals surface area (Å²) in [4.78, 5) is 45.0. The number of amides is 3. The van der Waals surface area contributed by atoms with E-state index in [1.165, 1.54) is 24.3 Å². The Labute approximate surface area is 159 Å². The largest absolute Gasteiger partial charge is 0.452 e. The smallest absolute Gasteiger partial charge is 0.331 e. The first-order valence-corrected chi connectivity index (χ1v) is 8.62. The molecule has 0 radical (unpaired) electrons. The molecule has 2 N–H and O–H groups in total. The molecule has 3 amide bonds. The zero-order valence-electron chi connectivity index (χ0n) is 14.3. The SMILES string of the molecule is O=C(COC(=O)/C=C/c1ccc(Cl)c([N+](=O)[O-])c1)NC(=O)NC1CCCC1. The number of carbonyl (C=O) groups excluding carboxylic acids is 3. The van der Waals surface area contributed by atoms with Gasteiger partial charge in [0.05, 0.1) is 4.92 Å². The minimum Gasteiger partial charge on any atom is -0.452 e. The molecule has 0 atom stereocenters. The number of rotatable bonds is 6. The van der Waals surface area contributed by atoms with Gasteiger partial charge in [-0.25, -0.2) is 9.59 Å². The number of benzene rings is 1. The highest BCUT2D eigenvalue weighted by atomic mass is 35.5. The fraction of sp³-hybridized carbons (Fsp3) is 0.353. The van der Waals surface area contributed by atoms with E-state index in [-0.39, 0.29) is 16.8 Å². The second-order valence-corrected chi connectivity index (χ2v) is 6.32. The van der Waals surface area contributed by atoms with Gasteiger partial charge in [-0.15, -0.1) is 0 Å². The lowest BCUT2D eigenvalue weighted by molar-refractivity contribution is -0.384. The predicted molar refractivity (Wildman–Crippen MR) is 97.0 cm³/mol. The highest BCUT2D eigenvalue weighted by Crippen LogP contribution is 2.25. The normalized spacial score (nSPS) is 14.1. The van der Waals surface area contributed by atoms with Crippen molar-refractivity contribution in [2.24, 2.45) is 0 Å². The molecule has 1 saturated carbocycles. The van der Waals surface area contributed by atoms with Gasteiger partial charge in [0.1, 0.15) is 5.02 Å². The Morgan fingerprint density at radius 2 is 2.00 bits per heavy atom. The van der Waals surface area contributed by atoms with Crippen molar-refractivity contribution < 1.29 is 24.0 Å². The highest BCUT2D eigenvalue weighted by molar-refractivity contribution is 6.32. The number of nitro groups is 1. The summed E-state index contributed by atoms with van der Waals surface area (Å²) < 4.78 is 4.72. The maximum absolute atomic E-state index is 11.6. The Hall–Kier alpha value is -2.94. The van der Waals surface area contributed by atoms with Crippen LogP contribution in [0.1, 0.15) is 31.2 Å². The van der Waals surface area contributed by atoms with Crippen LogP contribution >= 0.6 is 11.6 Å². The molecule has 1 aromatic rings. The topological polar surface area (TPSA) is 128 Å². The minimum atomic E-state index is -0.834. The van der Waals surface area contributed by atoms with Gasteiger partial charge in [0.15, 0.2) is 6.61 Å². The number of nitrogens with one attached hydrogen (secondary N) is 2. The van der Waals surface area contributed by atoms with Crippen LogP contribution in [0, 0.1) is 10.1 Å². The molecule has 0 unspecified atom stereocenters. The molecule has 1 aromatic carbocycles. The van der Waals surface area contributed by atoms with Crippen LogP contribution in [0.25, 0.3) is 6.08 Å². The van der Waals surface area contributed by atoms with E-state index in [1.54, 1.807) is 0 Å². The van der Waals surface area contributed by atoms with E-state index < -0.39 is 29.4 Å². The van der Waals surface area contributed by atoms with Gasteiger partial charge in [-0.1, -0.05) is 30.5 Å². The number of urea groups is 1. The van der Waals surface area contributed by atoms with Gasteiger partial charge in [0, 0.05) is 18.2 Å². The fourth-order valence-corrected chi connectivity index (χ4v) is 2.76. The molecule has 1 aliphatic carbocycles. The molecular weight excluding hydrogens is 378 g/mol. The van der Waals surface area contributed by atoms with Crippen molar-refractivity contribution in [2.75, 3.05) is 6.61 Å². The molecule has 27 heavy (non-hydrogen) atoms. The van der Waals surface area contributed by atoms with Crippen molar-refractivity contribution in [1.82, 2.24) is 10.6 Å². The molecule has 1 aliphatic rings. The van der Waals surface area contributed by atoms with Crippen LogP contribution in [-0.4, -0.2) is 35.5 Å². The molecule has 0 aliphatic heterocycles. The van der Waals surface area contributed by atoms with Gasteiger partial charge in [-0.3, -0.25) is 20.2 Å². The standard InChI is InChI=1S/C17H18ClN3O6/c18-13-7-5-11(9-14(13)21(25)26)6-8-16(23)27-10-15(22)20-17(24)19-12-3-1-2-4-12/h5-9,12H,1-4,10H2,(H2,19,20,22,24)/b8-6+. The number of hydrogen-bond acceptors (Lipinski definition) is 6. The first-order chi connectivity index (χ1) is 12.8. The van der Waals surface area contributed by atoms with Crippen molar-refractivity contribution in [1.29, 1.82) is 0 Å². The molecule has 10 heteroatoms. The summed E-state index contributed by atoms with van der Waals surface area (Å²) in [5.41, 5.74) is 0.0725. The monoisotopic (exact) mass is 395 g/mol. The summed E-state index contributed by atoms with van der Waals surface area (Å²) in [6.45, 7) is -0.623. The van der Waals surface area contributed by atoms with Crippen molar-refractivity contribution in [3.05, 3.63) is 45.0 Å². The zero-order chi connectivity index (χ0) is 19.8. The molecule has 0 saturated heterocycles. The van der Waals surface area contributed by atoms with Crippen molar-refractivity contribution in [3.63, 3.8) is 0 Å². The third kappa shape index (κ3) is 6.70. The van der Waals surface area contributed by atoms with Gasteiger partial charge in [0.2, 0.25) is 0 Å². The molecule has 1 fully saturated rings. The maximum Gasteiger partial charge on any atom is 0.331 e. The number of nitrogens with zero attached hydrogens (tertiary/aromatic N) is 1. The van der Waals surface area contributed by atoms with Crippen LogP contribution in [-0.2, 0) is 14.3 Å². The molecule has 2 rings (SSSR count). The average Bonchev–Trinajstić information content (AvgIpc) is 3.11. The van der Waals surface area contributed by atoms with Crippen LogP contribution in [0.3, 0.4) is 0 Å². The van der Waals surface area contributed by atoms with E-state index >= 15 is 0 Å². The highest BCUT2D eigenvalue weighted by Gasteiger charge is 2.18. The van der Waals surface area contributed by atoms with Gasteiger partial charge < -0.3 is 10.1 Å². The molecule has 0 spiro atoms. The molecule has 0 bridgehead atoms. The van der Waals surface area contributed by atoms with Crippen LogP contribution in [0.4, 0.5) is 10.5 Å². The lowest BCUT2D eigenvalue weighted by atomic mass is 10.2. The van der Waals surface area contributed by atoms with Gasteiger partial charge in [-0.05, 0) is 30.5 Å². The van der Waals surface area contributed by atoms with E-state index in [1.807, 2.05) is 0 Å². The molecule has 9 nitrogen and oxygen atoms in total. The van der Waals surface area contributed by atoms with E-state index in [2.05, 4.69) is 10.6 Å². The number of halogens is 1.